The van der Waals surface area contributed by atoms with Crippen molar-refractivity contribution in [3.05, 3.63) is 30.1 Å². The van der Waals surface area contributed by atoms with Gasteiger partial charge in [0.05, 0.1) is 11.0 Å². The highest BCUT2D eigenvalue weighted by molar-refractivity contribution is 5.75. The van der Waals surface area contributed by atoms with Crippen LogP contribution in [-0.2, 0) is 13.0 Å². The summed E-state index contributed by atoms with van der Waals surface area (Å²) in [6.45, 7) is 5.01. The van der Waals surface area contributed by atoms with Crippen LogP contribution in [0.4, 0.5) is 0 Å². The van der Waals surface area contributed by atoms with Crippen LogP contribution in [0.2, 0.25) is 0 Å². The second-order valence-electron chi connectivity index (χ2n) is 8.82. The fraction of sp³-hybridized carbons (Fsp3) is 0.708. The highest BCUT2D eigenvalue weighted by Gasteiger charge is 2.16. The van der Waals surface area contributed by atoms with Gasteiger partial charge in [-0.1, -0.05) is 57.1 Å². The van der Waals surface area contributed by atoms with Crippen LogP contribution in [-0.4, -0.2) is 34.1 Å². The summed E-state index contributed by atoms with van der Waals surface area (Å²) in [5, 5.41) is 0. The molecule has 1 aromatic carbocycles. The Kier molecular flexibility index (Phi) is 6.84. The molecule has 4 rings (SSSR count). The number of rotatable bonds is 7. The number of benzene rings is 1. The SMILES string of the molecule is c1ccc2c(c1)nc(CCCN1CCCCCC1)n2CCC1CCCCC1. The molecule has 1 aromatic heterocycles. The third-order valence-corrected chi connectivity index (χ3v) is 6.79. The number of aromatic nitrogens is 2. The maximum absolute atomic E-state index is 5.02. The van der Waals surface area contributed by atoms with E-state index in [0.29, 0.717) is 0 Å². The van der Waals surface area contributed by atoms with Crippen molar-refractivity contribution in [2.75, 3.05) is 19.6 Å². The third-order valence-electron chi connectivity index (χ3n) is 6.79. The minimum atomic E-state index is 0.935. The molecular weight excluding hydrogens is 330 g/mol. The molecule has 0 spiro atoms. The van der Waals surface area contributed by atoms with Gasteiger partial charge in [0.2, 0.25) is 0 Å². The zero-order chi connectivity index (χ0) is 18.3. The molecule has 3 heteroatoms. The zero-order valence-electron chi connectivity index (χ0n) is 17.0. The summed E-state index contributed by atoms with van der Waals surface area (Å²) in [4.78, 5) is 7.70. The highest BCUT2D eigenvalue weighted by Crippen LogP contribution is 2.28. The predicted molar refractivity (Wildman–Crippen MR) is 114 cm³/mol. The topological polar surface area (TPSA) is 21.1 Å². The average Bonchev–Trinajstić information content (AvgIpc) is 2.86. The van der Waals surface area contributed by atoms with Crippen LogP contribution in [0, 0.1) is 5.92 Å². The number of para-hydroxylation sites is 2. The number of likely N-dealkylation sites (tertiary alicyclic amines) is 1. The van der Waals surface area contributed by atoms with Crippen LogP contribution in [0.3, 0.4) is 0 Å². The first-order valence-corrected chi connectivity index (χ1v) is 11.6. The van der Waals surface area contributed by atoms with Gasteiger partial charge in [-0.2, -0.15) is 0 Å². The molecular formula is C24H37N3. The number of aryl methyl sites for hydroxylation is 2. The van der Waals surface area contributed by atoms with E-state index in [4.69, 9.17) is 4.98 Å². The van der Waals surface area contributed by atoms with Gasteiger partial charge in [0.25, 0.3) is 0 Å². The lowest BCUT2D eigenvalue weighted by Crippen LogP contribution is -2.26. The largest absolute Gasteiger partial charge is 0.328 e. The Bertz CT molecular complexity index is 691. The third kappa shape index (κ3) is 5.13. The molecule has 0 atom stereocenters. The molecule has 0 amide bonds. The molecule has 1 saturated carbocycles. The van der Waals surface area contributed by atoms with E-state index >= 15 is 0 Å². The smallest absolute Gasteiger partial charge is 0.109 e. The monoisotopic (exact) mass is 367 g/mol. The maximum atomic E-state index is 5.02. The maximum Gasteiger partial charge on any atom is 0.109 e. The van der Waals surface area contributed by atoms with Crippen LogP contribution >= 0.6 is 0 Å². The number of hydrogen-bond donors (Lipinski definition) is 0. The molecule has 148 valence electrons. The van der Waals surface area contributed by atoms with Gasteiger partial charge in [-0.15, -0.1) is 0 Å². The Morgan fingerprint density at radius 2 is 1.59 bits per heavy atom. The van der Waals surface area contributed by atoms with Crippen molar-refractivity contribution >= 4 is 11.0 Å². The van der Waals surface area contributed by atoms with Gasteiger partial charge in [0.1, 0.15) is 5.82 Å². The normalized spacial score (nSPS) is 20.1. The molecule has 0 N–H and O–H groups in total. The summed E-state index contributed by atoms with van der Waals surface area (Å²) < 4.78 is 2.55. The van der Waals surface area contributed by atoms with Gasteiger partial charge < -0.3 is 9.47 Å². The molecule has 1 aliphatic heterocycles. The lowest BCUT2D eigenvalue weighted by molar-refractivity contribution is 0.280. The molecule has 3 nitrogen and oxygen atoms in total. The fourth-order valence-corrected chi connectivity index (χ4v) is 5.17. The molecule has 1 aliphatic carbocycles. The van der Waals surface area contributed by atoms with Crippen LogP contribution in [0.15, 0.2) is 24.3 Å². The summed E-state index contributed by atoms with van der Waals surface area (Å²) in [7, 11) is 0. The van der Waals surface area contributed by atoms with E-state index in [2.05, 4.69) is 33.7 Å². The van der Waals surface area contributed by atoms with Crippen LogP contribution in [0.25, 0.3) is 11.0 Å². The molecule has 2 aliphatic rings. The first kappa shape index (κ1) is 19.0. The molecule has 1 saturated heterocycles. The van der Waals surface area contributed by atoms with Gasteiger partial charge in [0, 0.05) is 13.0 Å². The van der Waals surface area contributed by atoms with Crippen molar-refractivity contribution in [2.24, 2.45) is 5.92 Å². The Labute approximate surface area is 165 Å². The molecule has 0 unspecified atom stereocenters. The van der Waals surface area contributed by atoms with Gasteiger partial charge in [-0.3, -0.25) is 0 Å². The highest BCUT2D eigenvalue weighted by atomic mass is 15.1. The van der Waals surface area contributed by atoms with E-state index < -0.39 is 0 Å². The summed E-state index contributed by atoms with van der Waals surface area (Å²) in [5.41, 5.74) is 2.53. The van der Waals surface area contributed by atoms with Gasteiger partial charge >= 0.3 is 0 Å². The van der Waals surface area contributed by atoms with E-state index in [1.165, 1.54) is 107 Å². The summed E-state index contributed by atoms with van der Waals surface area (Å²) in [5.74, 6) is 2.26. The van der Waals surface area contributed by atoms with Crippen LogP contribution in [0.5, 0.6) is 0 Å². The molecule has 0 radical (unpaired) electrons. The second-order valence-corrected chi connectivity index (χ2v) is 8.82. The average molecular weight is 368 g/mol. The molecule has 2 aromatic rings. The Morgan fingerprint density at radius 1 is 0.852 bits per heavy atom. The van der Waals surface area contributed by atoms with Crippen molar-refractivity contribution in [3.63, 3.8) is 0 Å². The second kappa shape index (κ2) is 9.73. The number of nitrogens with zero attached hydrogens (tertiary/aromatic N) is 3. The van der Waals surface area contributed by atoms with Gasteiger partial charge in [-0.05, 0) is 63.4 Å². The first-order valence-electron chi connectivity index (χ1n) is 11.6. The lowest BCUT2D eigenvalue weighted by Gasteiger charge is -2.22. The number of fused-ring (bicyclic) bond motifs is 1. The minimum absolute atomic E-state index is 0.935. The van der Waals surface area contributed by atoms with Crippen molar-refractivity contribution in [1.82, 2.24) is 14.5 Å². The molecule has 27 heavy (non-hydrogen) atoms. The first-order chi connectivity index (χ1) is 13.4. The standard InChI is InChI=1S/C24H37N3/c1-2-9-18-26(17-8-1)19-10-15-24-25-22-13-6-7-14-23(22)27(24)20-16-21-11-4-3-5-12-21/h6-7,13-14,21H,1-5,8-12,15-20H2. The minimum Gasteiger partial charge on any atom is -0.328 e. The van der Waals surface area contributed by atoms with E-state index in [-0.39, 0.29) is 0 Å². The zero-order valence-corrected chi connectivity index (χ0v) is 17.0. The van der Waals surface area contributed by atoms with Crippen molar-refractivity contribution in [3.8, 4) is 0 Å². The van der Waals surface area contributed by atoms with E-state index in [9.17, 15) is 0 Å². The van der Waals surface area contributed by atoms with E-state index in [1.54, 1.807) is 0 Å². The predicted octanol–water partition coefficient (Wildman–Crippen LogP) is 5.82. The quantitative estimate of drug-likeness (QED) is 0.615. The van der Waals surface area contributed by atoms with E-state index in [0.717, 1.165) is 18.9 Å². The van der Waals surface area contributed by atoms with Crippen molar-refractivity contribution in [1.29, 1.82) is 0 Å². The van der Waals surface area contributed by atoms with Gasteiger partial charge in [-0.25, -0.2) is 4.98 Å². The summed E-state index contributed by atoms with van der Waals surface area (Å²) >= 11 is 0. The van der Waals surface area contributed by atoms with Crippen molar-refractivity contribution < 1.29 is 0 Å². The van der Waals surface area contributed by atoms with Gasteiger partial charge in [0.15, 0.2) is 0 Å². The molecule has 2 heterocycles. The van der Waals surface area contributed by atoms with Crippen LogP contribution in [0.1, 0.15) is 76.5 Å². The Morgan fingerprint density at radius 3 is 2.41 bits per heavy atom. The summed E-state index contributed by atoms with van der Waals surface area (Å²) in [6, 6.07) is 8.75. The summed E-state index contributed by atoms with van der Waals surface area (Å²) in [6.07, 6.45) is 16.5. The Hall–Kier alpha value is -1.35. The molecule has 2 fully saturated rings. The lowest BCUT2D eigenvalue weighted by atomic mass is 9.87. The molecule has 0 bridgehead atoms. The Balaban J connectivity index is 1.39. The number of imidazole rings is 1. The van der Waals surface area contributed by atoms with Crippen LogP contribution < -0.4 is 0 Å². The fourth-order valence-electron chi connectivity index (χ4n) is 5.17. The van der Waals surface area contributed by atoms with Crippen molar-refractivity contribution in [2.45, 2.75) is 83.6 Å². The number of hydrogen-bond acceptors (Lipinski definition) is 2. The van der Waals surface area contributed by atoms with E-state index in [1.807, 2.05) is 0 Å².